The van der Waals surface area contributed by atoms with Gasteiger partial charge in [0.15, 0.2) is 11.3 Å². The summed E-state index contributed by atoms with van der Waals surface area (Å²) in [6.07, 6.45) is 5.17. The number of aromatic nitrogens is 5. The molecule has 0 spiro atoms. The van der Waals surface area contributed by atoms with Crippen LogP contribution in [0.25, 0.3) is 22.1 Å². The molecule has 9 nitrogen and oxygen atoms in total. The Morgan fingerprint density at radius 2 is 2.40 bits per heavy atom. The van der Waals surface area contributed by atoms with Gasteiger partial charge >= 0.3 is 0 Å². The van der Waals surface area contributed by atoms with Gasteiger partial charge in [-0.1, -0.05) is 0 Å². The van der Waals surface area contributed by atoms with E-state index in [1.54, 1.807) is 12.4 Å². The Kier molecular flexibility index (Phi) is 3.85. The number of carbonyl (C=O) groups excluding carboxylic acids is 1. The number of amides is 1. The second-order valence-corrected chi connectivity index (χ2v) is 6.02. The molecule has 4 rings (SSSR count). The number of nitrogens with one attached hydrogen (secondary N) is 2. The molecule has 1 aliphatic heterocycles. The van der Waals surface area contributed by atoms with E-state index in [-0.39, 0.29) is 18.4 Å². The summed E-state index contributed by atoms with van der Waals surface area (Å²) < 4.78 is 0. The number of carbonyl (C=O) groups is 1. The van der Waals surface area contributed by atoms with Crippen LogP contribution in [0.1, 0.15) is 12.8 Å². The topological polar surface area (TPSA) is 123 Å². The van der Waals surface area contributed by atoms with Crippen LogP contribution >= 0.6 is 0 Å². The maximum atomic E-state index is 12.2. The fraction of sp³-hybridized carbons (Fsp3) is 0.375. The molecule has 1 atom stereocenters. The number of rotatable bonds is 3. The van der Waals surface area contributed by atoms with Gasteiger partial charge in [0, 0.05) is 24.7 Å². The Morgan fingerprint density at radius 3 is 3.28 bits per heavy atom. The lowest BCUT2D eigenvalue weighted by Gasteiger charge is -2.33. The molecule has 3 aromatic rings. The Hall–Kier alpha value is -3.28. The van der Waals surface area contributed by atoms with E-state index in [0.717, 1.165) is 35.8 Å². The second kappa shape index (κ2) is 6.32. The minimum atomic E-state index is -0.149. The first-order chi connectivity index (χ1) is 12.3. The average molecular weight is 336 g/mol. The van der Waals surface area contributed by atoms with Crippen LogP contribution < -0.4 is 10.2 Å². The van der Waals surface area contributed by atoms with Crippen molar-refractivity contribution in [2.75, 3.05) is 24.5 Å². The van der Waals surface area contributed by atoms with Crippen LogP contribution in [-0.2, 0) is 4.79 Å². The highest BCUT2D eigenvalue weighted by atomic mass is 16.1. The highest BCUT2D eigenvalue weighted by Gasteiger charge is 2.27. The van der Waals surface area contributed by atoms with E-state index in [9.17, 15) is 4.79 Å². The number of aromatic amines is 1. The highest BCUT2D eigenvalue weighted by molar-refractivity contribution is 6.08. The van der Waals surface area contributed by atoms with Crippen LogP contribution in [-0.4, -0.2) is 50.9 Å². The van der Waals surface area contributed by atoms with E-state index in [2.05, 4.69) is 35.6 Å². The van der Waals surface area contributed by atoms with Crippen LogP contribution in [0.3, 0.4) is 0 Å². The van der Waals surface area contributed by atoms with Gasteiger partial charge in [0.25, 0.3) is 0 Å². The van der Waals surface area contributed by atoms with Crippen molar-refractivity contribution in [3.05, 3.63) is 18.5 Å². The fourth-order valence-corrected chi connectivity index (χ4v) is 3.35. The third kappa shape index (κ3) is 2.71. The number of hydrogen-bond donors (Lipinski definition) is 2. The summed E-state index contributed by atoms with van der Waals surface area (Å²) in [6, 6.07) is 3.85. The van der Waals surface area contributed by atoms with Gasteiger partial charge in [-0.3, -0.25) is 9.89 Å². The predicted molar refractivity (Wildman–Crippen MR) is 90.5 cm³/mol. The van der Waals surface area contributed by atoms with E-state index in [4.69, 9.17) is 5.26 Å². The summed E-state index contributed by atoms with van der Waals surface area (Å²) in [6.45, 7) is 1.45. The summed E-state index contributed by atoms with van der Waals surface area (Å²) in [7, 11) is 0. The molecule has 1 fully saturated rings. The molecule has 0 aromatic carbocycles. The van der Waals surface area contributed by atoms with Gasteiger partial charge in [-0.2, -0.15) is 10.4 Å². The van der Waals surface area contributed by atoms with Crippen molar-refractivity contribution < 1.29 is 4.79 Å². The van der Waals surface area contributed by atoms with Crippen molar-refractivity contribution in [1.82, 2.24) is 30.7 Å². The van der Waals surface area contributed by atoms with Gasteiger partial charge in [-0.05, 0) is 18.9 Å². The third-order valence-electron chi connectivity index (χ3n) is 4.52. The number of H-pyrrole nitrogens is 1. The smallest absolute Gasteiger partial charge is 0.225 e. The van der Waals surface area contributed by atoms with Crippen molar-refractivity contribution in [1.29, 1.82) is 5.26 Å². The maximum absolute atomic E-state index is 12.2. The number of nitrogens with zero attached hydrogens (tertiary/aromatic N) is 6. The molecule has 0 saturated carbocycles. The van der Waals surface area contributed by atoms with Crippen LogP contribution in [0.5, 0.6) is 0 Å². The highest BCUT2D eigenvalue weighted by Crippen LogP contribution is 2.32. The SMILES string of the molecule is N#CCNC(=O)C1CCCN(c2cn[nH]c3nnc4nccc4c23)C1. The Morgan fingerprint density at radius 1 is 1.48 bits per heavy atom. The monoisotopic (exact) mass is 336 g/mol. The van der Waals surface area contributed by atoms with Crippen LogP contribution in [0.15, 0.2) is 18.5 Å². The lowest BCUT2D eigenvalue weighted by atomic mass is 9.96. The molecule has 1 saturated heterocycles. The van der Waals surface area contributed by atoms with Crippen LogP contribution in [0.4, 0.5) is 5.69 Å². The minimum absolute atomic E-state index is 0.0372. The molecular weight excluding hydrogens is 320 g/mol. The lowest BCUT2D eigenvalue weighted by molar-refractivity contribution is -0.125. The zero-order valence-corrected chi connectivity index (χ0v) is 13.4. The van der Waals surface area contributed by atoms with Gasteiger partial charge in [0.05, 0.1) is 29.3 Å². The van der Waals surface area contributed by atoms with Gasteiger partial charge < -0.3 is 10.2 Å². The van der Waals surface area contributed by atoms with Gasteiger partial charge in [-0.15, -0.1) is 10.2 Å². The number of nitriles is 1. The predicted octanol–water partition coefficient (Wildman–Crippen LogP) is 0.757. The average Bonchev–Trinajstić information content (AvgIpc) is 3.14. The zero-order valence-electron chi connectivity index (χ0n) is 13.4. The van der Waals surface area contributed by atoms with E-state index in [1.807, 2.05) is 12.1 Å². The molecular formula is C16H16N8O. The van der Waals surface area contributed by atoms with E-state index < -0.39 is 0 Å². The minimum Gasteiger partial charge on any atom is -0.369 e. The van der Waals surface area contributed by atoms with Crippen molar-refractivity contribution in [3.63, 3.8) is 0 Å². The molecule has 0 bridgehead atoms. The third-order valence-corrected chi connectivity index (χ3v) is 4.52. The normalized spacial score (nSPS) is 17.6. The molecule has 0 radical (unpaired) electrons. The standard InChI is InChI=1S/C16H16N8O/c17-4-6-19-16(25)10-2-1-7-24(9-10)12-8-20-21-15-13(12)11-3-5-18-14(11)22-23-15/h3,5,8,10H,1-2,6-7,9H2,(H,19,25)(H,21,23). The molecule has 25 heavy (non-hydrogen) atoms. The first-order valence-electron chi connectivity index (χ1n) is 8.12. The molecule has 1 amide bonds. The molecule has 4 heterocycles. The number of hydrogen-bond acceptors (Lipinski definition) is 7. The Balaban J connectivity index is 1.70. The summed E-state index contributed by atoms with van der Waals surface area (Å²) >= 11 is 0. The van der Waals surface area contributed by atoms with Crippen molar-refractivity contribution >= 4 is 33.7 Å². The van der Waals surface area contributed by atoms with Crippen LogP contribution in [0, 0.1) is 17.2 Å². The van der Waals surface area contributed by atoms with Crippen molar-refractivity contribution in [2.24, 2.45) is 5.92 Å². The molecule has 0 aliphatic carbocycles. The summed E-state index contributed by atoms with van der Waals surface area (Å²) in [5, 5.41) is 28.4. The first kappa shape index (κ1) is 15.3. The lowest BCUT2D eigenvalue weighted by Crippen LogP contribution is -2.43. The molecule has 2 N–H and O–H groups in total. The van der Waals surface area contributed by atoms with Crippen LogP contribution in [0.2, 0.25) is 0 Å². The Bertz CT molecular complexity index is 975. The number of anilines is 1. The van der Waals surface area contributed by atoms with Crippen molar-refractivity contribution in [3.8, 4) is 6.07 Å². The molecule has 1 unspecified atom stereocenters. The summed E-state index contributed by atoms with van der Waals surface area (Å²) in [4.78, 5) is 18.6. The van der Waals surface area contributed by atoms with E-state index in [1.165, 1.54) is 0 Å². The number of piperidine rings is 1. The van der Waals surface area contributed by atoms with Gasteiger partial charge in [0.1, 0.15) is 6.54 Å². The quantitative estimate of drug-likeness (QED) is 0.677. The molecule has 9 heteroatoms. The van der Waals surface area contributed by atoms with E-state index in [0.29, 0.717) is 17.8 Å². The molecule has 3 aromatic heterocycles. The molecule has 1 aliphatic rings. The largest absolute Gasteiger partial charge is 0.369 e. The van der Waals surface area contributed by atoms with Crippen molar-refractivity contribution in [2.45, 2.75) is 12.8 Å². The second-order valence-electron chi connectivity index (χ2n) is 6.02. The fourth-order valence-electron chi connectivity index (χ4n) is 3.35. The zero-order chi connectivity index (χ0) is 17.2. The number of fused-ring (bicyclic) bond motifs is 3. The summed E-state index contributed by atoms with van der Waals surface area (Å²) in [5.41, 5.74) is 2.10. The van der Waals surface area contributed by atoms with Gasteiger partial charge in [-0.25, -0.2) is 4.98 Å². The maximum Gasteiger partial charge on any atom is 0.225 e. The van der Waals surface area contributed by atoms with E-state index >= 15 is 0 Å². The Labute approximate surface area is 143 Å². The first-order valence-corrected chi connectivity index (χ1v) is 8.12. The van der Waals surface area contributed by atoms with Gasteiger partial charge in [0.2, 0.25) is 5.91 Å². The summed E-state index contributed by atoms with van der Waals surface area (Å²) in [5.74, 6) is -0.227. The molecule has 126 valence electrons.